The molecule has 0 amide bonds. The second-order valence-corrected chi connectivity index (χ2v) is 7.56. The number of ether oxygens (including phenoxy) is 1. The van der Waals surface area contributed by atoms with Crippen molar-refractivity contribution in [3.8, 4) is 5.75 Å². The van der Waals surface area contributed by atoms with E-state index in [0.717, 1.165) is 33.2 Å². The number of pyridine rings is 1. The molecule has 2 N–H and O–H groups in total. The van der Waals surface area contributed by atoms with E-state index in [4.69, 9.17) is 22.7 Å². The van der Waals surface area contributed by atoms with Crippen molar-refractivity contribution in [2.24, 2.45) is 0 Å². The summed E-state index contributed by atoms with van der Waals surface area (Å²) >= 11 is 0. The minimum Gasteiger partial charge on any atom is -0.748 e. The molecule has 1 aromatic heterocycles. The summed E-state index contributed by atoms with van der Waals surface area (Å²) in [5, 5.41) is 4.49. The summed E-state index contributed by atoms with van der Waals surface area (Å²) in [6, 6.07) is 24.6. The Kier molecular flexibility index (Phi) is 5.89. The summed E-state index contributed by atoms with van der Waals surface area (Å²) in [6.07, 6.45) is 0.604. The highest BCUT2D eigenvalue weighted by atomic mass is 32.2. The van der Waals surface area contributed by atoms with Gasteiger partial charge in [-0.1, -0.05) is 36.4 Å². The van der Waals surface area contributed by atoms with Crippen LogP contribution >= 0.6 is 0 Å². The van der Waals surface area contributed by atoms with E-state index >= 15 is 0 Å². The standard InChI is InChI=1S/C20H16N2O.CH4O3S/c1-23-19-13-7-6-12-18(19)22-20-14-8-2-4-10-16(14)21-17-11-5-3-9-15(17)20;1-5(2,3)4/h2-13H,1H3,(H,21,22);1H3,(H,2,3,4). The Hall–Kier alpha value is -3.00. The monoisotopic (exact) mass is 396 g/mol. The zero-order valence-corrected chi connectivity index (χ0v) is 16.3. The molecule has 0 radical (unpaired) electrons. The smallest absolute Gasteiger partial charge is 0.180 e. The van der Waals surface area contributed by atoms with E-state index in [2.05, 4.69) is 47.8 Å². The maximum absolute atomic E-state index is 9.08. The van der Waals surface area contributed by atoms with Crippen molar-refractivity contribution in [2.45, 2.75) is 0 Å². The first-order valence-corrected chi connectivity index (χ1v) is 10.3. The molecule has 0 fully saturated rings. The van der Waals surface area contributed by atoms with Crippen LogP contribution in [0.25, 0.3) is 21.8 Å². The summed E-state index contributed by atoms with van der Waals surface area (Å²) in [5.74, 6) is 0.873. The van der Waals surface area contributed by atoms with Gasteiger partial charge < -0.3 is 9.29 Å². The topological polar surface area (TPSA) is 95.9 Å². The Balaban J connectivity index is 0.000000403. The van der Waals surface area contributed by atoms with Gasteiger partial charge in [0.05, 0.1) is 39.0 Å². The fourth-order valence-electron chi connectivity index (χ4n) is 2.97. The zero-order valence-electron chi connectivity index (χ0n) is 15.5. The van der Waals surface area contributed by atoms with Gasteiger partial charge in [-0.25, -0.2) is 13.4 Å². The fraction of sp³-hybridized carbons (Fsp3) is 0.0952. The van der Waals surface area contributed by atoms with Crippen LogP contribution < -0.4 is 10.1 Å². The molecule has 28 heavy (non-hydrogen) atoms. The highest BCUT2D eigenvalue weighted by Crippen LogP contribution is 2.29. The lowest BCUT2D eigenvalue weighted by molar-refractivity contribution is -0.475. The van der Waals surface area contributed by atoms with E-state index in [0.29, 0.717) is 6.26 Å². The van der Waals surface area contributed by atoms with Gasteiger partial charge in [-0.2, -0.15) is 0 Å². The van der Waals surface area contributed by atoms with E-state index in [-0.39, 0.29) is 0 Å². The third kappa shape index (κ3) is 4.83. The Morgan fingerprint density at radius 2 is 1.32 bits per heavy atom. The number of fused-ring (bicyclic) bond motifs is 2. The summed E-state index contributed by atoms with van der Waals surface area (Å²) in [6.45, 7) is 0. The van der Waals surface area contributed by atoms with Crippen molar-refractivity contribution in [2.75, 3.05) is 13.4 Å². The number of hydrogen-bond acceptors (Lipinski definition) is 5. The number of rotatable bonds is 3. The van der Waals surface area contributed by atoms with Gasteiger partial charge in [0.1, 0.15) is 0 Å². The number of benzene rings is 3. The molecule has 0 unspecified atom stereocenters. The highest BCUT2D eigenvalue weighted by molar-refractivity contribution is 7.84. The van der Waals surface area contributed by atoms with Crippen molar-refractivity contribution in [1.29, 1.82) is 0 Å². The molecule has 0 spiro atoms. The maximum atomic E-state index is 9.08. The molecular weight excluding hydrogens is 376 g/mol. The van der Waals surface area contributed by atoms with Crippen LogP contribution in [-0.2, 0) is 10.1 Å². The summed E-state index contributed by atoms with van der Waals surface area (Å²) in [5.41, 5.74) is 4.26. The van der Waals surface area contributed by atoms with E-state index in [1.54, 1.807) is 7.11 Å². The first-order valence-electron chi connectivity index (χ1n) is 8.53. The highest BCUT2D eigenvalue weighted by Gasteiger charge is 2.15. The number of nitrogens with two attached hydrogens (primary N) is 1. The molecule has 0 atom stereocenters. The molecule has 0 saturated carbocycles. The number of methoxy groups -OCH3 is 1. The largest absolute Gasteiger partial charge is 0.748 e. The molecule has 7 heteroatoms. The van der Waals surface area contributed by atoms with Crippen LogP contribution in [-0.4, -0.2) is 31.3 Å². The quantitative estimate of drug-likeness (QED) is 0.326. The summed E-state index contributed by atoms with van der Waals surface area (Å²) in [7, 11) is -2.21. The van der Waals surface area contributed by atoms with Gasteiger partial charge in [-0.3, -0.25) is 5.32 Å². The molecule has 144 valence electrons. The molecule has 0 bridgehead atoms. The fourth-order valence-corrected chi connectivity index (χ4v) is 2.97. The van der Waals surface area contributed by atoms with Crippen LogP contribution in [0.2, 0.25) is 0 Å². The molecular formula is C21H20N2O4S. The van der Waals surface area contributed by atoms with Gasteiger partial charge in [-0.15, -0.1) is 0 Å². The average molecular weight is 396 g/mol. The second kappa shape index (κ2) is 8.35. The molecule has 6 nitrogen and oxygen atoms in total. The van der Waals surface area contributed by atoms with Crippen LogP contribution in [0.5, 0.6) is 5.75 Å². The molecule has 1 heterocycles. The van der Waals surface area contributed by atoms with Gasteiger partial charge in [0.15, 0.2) is 17.1 Å². The number of nitrogens with zero attached hydrogens (tertiary/aromatic N) is 1. The normalized spacial score (nSPS) is 11.1. The van der Waals surface area contributed by atoms with E-state index < -0.39 is 10.1 Å². The molecule has 4 rings (SSSR count). The first kappa shape index (κ1) is 19.8. The molecule has 0 saturated heterocycles. The van der Waals surface area contributed by atoms with E-state index in [1.807, 2.05) is 30.3 Å². The number of quaternary nitrogens is 1. The lowest BCUT2D eigenvalue weighted by Crippen LogP contribution is -2.71. The predicted octanol–water partition coefficient (Wildman–Crippen LogP) is 3.08. The molecule has 0 aliphatic rings. The van der Waals surface area contributed by atoms with Gasteiger partial charge in [0.25, 0.3) is 0 Å². The van der Waals surface area contributed by atoms with Crippen molar-refractivity contribution in [1.82, 2.24) is 4.98 Å². The van der Waals surface area contributed by atoms with Crippen LogP contribution in [0.1, 0.15) is 0 Å². The lowest BCUT2D eigenvalue weighted by atomic mass is 10.1. The molecule has 0 aliphatic carbocycles. The van der Waals surface area contributed by atoms with Gasteiger partial charge >= 0.3 is 0 Å². The SMILES string of the molecule is COc1ccccc1[NH2+]c1c2ccccc2nc2ccccc12.CS(=O)(=O)[O-]. The van der Waals surface area contributed by atoms with Gasteiger partial charge in [0, 0.05) is 12.3 Å². The average Bonchev–Trinajstić information content (AvgIpc) is 2.67. The molecule has 0 aliphatic heterocycles. The molecule has 3 aromatic carbocycles. The first-order chi connectivity index (χ1) is 13.4. The van der Waals surface area contributed by atoms with E-state index in [9.17, 15) is 0 Å². The Bertz CT molecular complexity index is 1160. The maximum Gasteiger partial charge on any atom is 0.180 e. The zero-order chi connectivity index (χ0) is 20.1. The van der Waals surface area contributed by atoms with E-state index in [1.165, 1.54) is 5.69 Å². The van der Waals surface area contributed by atoms with Crippen molar-refractivity contribution in [3.63, 3.8) is 0 Å². The molecule has 4 aromatic rings. The number of aromatic nitrogens is 1. The van der Waals surface area contributed by atoms with Crippen LogP contribution in [0, 0.1) is 0 Å². The van der Waals surface area contributed by atoms with Crippen LogP contribution in [0.4, 0.5) is 11.4 Å². The lowest BCUT2D eigenvalue weighted by Gasteiger charge is -2.10. The van der Waals surface area contributed by atoms with Crippen molar-refractivity contribution < 1.29 is 23.0 Å². The summed E-state index contributed by atoms with van der Waals surface area (Å²) < 4.78 is 32.7. The van der Waals surface area contributed by atoms with Crippen molar-refractivity contribution >= 4 is 43.3 Å². The van der Waals surface area contributed by atoms with Crippen LogP contribution in [0.3, 0.4) is 0 Å². The Morgan fingerprint density at radius 3 is 1.86 bits per heavy atom. The number of hydrogen-bond donors (Lipinski definition) is 1. The minimum absolute atomic E-state index is 0.604. The minimum atomic E-state index is -3.92. The number of para-hydroxylation sites is 4. The second-order valence-electron chi connectivity index (χ2n) is 6.15. The van der Waals surface area contributed by atoms with Gasteiger partial charge in [0.2, 0.25) is 0 Å². The predicted molar refractivity (Wildman–Crippen MR) is 109 cm³/mol. The third-order valence-corrected chi connectivity index (χ3v) is 4.07. The summed E-state index contributed by atoms with van der Waals surface area (Å²) in [4.78, 5) is 4.77. The Morgan fingerprint density at radius 1 is 0.857 bits per heavy atom. The Labute approximate surface area is 163 Å². The van der Waals surface area contributed by atoms with Crippen LogP contribution in [0.15, 0.2) is 72.8 Å². The van der Waals surface area contributed by atoms with Crippen molar-refractivity contribution in [3.05, 3.63) is 72.8 Å². The third-order valence-electron chi connectivity index (χ3n) is 4.07. The van der Waals surface area contributed by atoms with Gasteiger partial charge in [-0.05, 0) is 30.3 Å².